The number of cyclic esters (lactones) is 1. The average Bonchev–Trinajstić information content (AvgIpc) is 3.30. The molecule has 1 aliphatic heterocycles. The van der Waals surface area contributed by atoms with Crippen molar-refractivity contribution >= 4 is 11.9 Å². The van der Waals surface area contributed by atoms with Crippen molar-refractivity contribution in [2.45, 2.75) is 38.5 Å². The van der Waals surface area contributed by atoms with E-state index in [2.05, 4.69) is 18.0 Å². The molecule has 1 heterocycles. The van der Waals surface area contributed by atoms with Gasteiger partial charge in [-0.3, -0.25) is 9.59 Å². The third-order valence-electron chi connectivity index (χ3n) is 7.76. The van der Waals surface area contributed by atoms with Gasteiger partial charge in [0.25, 0.3) is 5.91 Å². The largest absolute Gasteiger partial charge is 0.496 e. The number of fused-ring (bicyclic) bond motifs is 2. The molecular formula is C28H31NO4. The molecule has 1 amide bonds. The van der Waals surface area contributed by atoms with E-state index in [9.17, 15) is 9.59 Å². The van der Waals surface area contributed by atoms with E-state index < -0.39 is 5.41 Å². The van der Waals surface area contributed by atoms with Crippen LogP contribution in [0.1, 0.15) is 46.3 Å². The Morgan fingerprint density at radius 1 is 1.21 bits per heavy atom. The maximum absolute atomic E-state index is 12.8. The number of hydrogen-bond donors (Lipinski definition) is 1. The van der Waals surface area contributed by atoms with Crippen molar-refractivity contribution < 1.29 is 19.1 Å². The summed E-state index contributed by atoms with van der Waals surface area (Å²) in [6, 6.07) is 13.9. The molecular weight excluding hydrogens is 414 g/mol. The Balaban J connectivity index is 1.19. The molecule has 3 aliphatic rings. The Hall–Kier alpha value is -3.08. The van der Waals surface area contributed by atoms with Crippen LogP contribution in [-0.4, -0.2) is 32.1 Å². The first kappa shape index (κ1) is 21.7. The van der Waals surface area contributed by atoms with Gasteiger partial charge in [0.15, 0.2) is 0 Å². The van der Waals surface area contributed by atoms with Gasteiger partial charge in [0.1, 0.15) is 5.75 Å². The zero-order chi connectivity index (χ0) is 23.0. The summed E-state index contributed by atoms with van der Waals surface area (Å²) < 4.78 is 10.9. The van der Waals surface area contributed by atoms with Crippen LogP contribution < -0.4 is 10.1 Å². The number of carbonyl (C=O) groups excluding carboxylic acids is 2. The minimum Gasteiger partial charge on any atom is -0.496 e. The molecule has 5 nitrogen and oxygen atoms in total. The number of allylic oxidation sites excluding steroid dienone is 1. The summed E-state index contributed by atoms with van der Waals surface area (Å²) in [6.45, 7) is 5.25. The van der Waals surface area contributed by atoms with Gasteiger partial charge in [-0.25, -0.2) is 0 Å². The highest BCUT2D eigenvalue weighted by Gasteiger charge is 2.55. The quantitative estimate of drug-likeness (QED) is 0.532. The summed E-state index contributed by atoms with van der Waals surface area (Å²) in [5.41, 5.74) is 4.99. The summed E-state index contributed by atoms with van der Waals surface area (Å²) in [7, 11) is 1.71. The van der Waals surface area contributed by atoms with Crippen molar-refractivity contribution in [1.29, 1.82) is 0 Å². The van der Waals surface area contributed by atoms with Crippen molar-refractivity contribution in [1.82, 2.24) is 5.32 Å². The summed E-state index contributed by atoms with van der Waals surface area (Å²) in [6.07, 6.45) is 5.20. The highest BCUT2D eigenvalue weighted by atomic mass is 16.5. The Bertz CT molecular complexity index is 1080. The highest BCUT2D eigenvalue weighted by molar-refractivity contribution is 5.94. The van der Waals surface area contributed by atoms with Crippen LogP contribution in [0.2, 0.25) is 0 Å². The van der Waals surface area contributed by atoms with Gasteiger partial charge in [-0.1, -0.05) is 36.4 Å². The molecule has 1 saturated carbocycles. The fourth-order valence-electron chi connectivity index (χ4n) is 5.93. The summed E-state index contributed by atoms with van der Waals surface area (Å²) >= 11 is 0. The molecule has 1 saturated heterocycles. The molecule has 2 aromatic carbocycles. The van der Waals surface area contributed by atoms with Crippen LogP contribution in [0, 0.1) is 17.3 Å². The lowest BCUT2D eigenvalue weighted by molar-refractivity contribution is -0.146. The van der Waals surface area contributed by atoms with Crippen molar-refractivity contribution in [3.63, 3.8) is 0 Å². The monoisotopic (exact) mass is 445 g/mol. The molecule has 1 N–H and O–H groups in total. The number of methoxy groups -OCH3 is 1. The molecule has 0 bridgehead atoms. The van der Waals surface area contributed by atoms with Crippen molar-refractivity contribution in [2.75, 3.05) is 20.3 Å². The fraction of sp³-hybridized carbons (Fsp3) is 0.429. The van der Waals surface area contributed by atoms with Crippen LogP contribution in [0.5, 0.6) is 5.75 Å². The zero-order valence-electron chi connectivity index (χ0n) is 19.2. The van der Waals surface area contributed by atoms with Crippen LogP contribution in [0.25, 0.3) is 0 Å². The molecule has 5 heteroatoms. The van der Waals surface area contributed by atoms with E-state index in [-0.39, 0.29) is 17.8 Å². The maximum atomic E-state index is 12.8. The van der Waals surface area contributed by atoms with Gasteiger partial charge in [0.05, 0.1) is 19.1 Å². The van der Waals surface area contributed by atoms with E-state index >= 15 is 0 Å². The number of aryl methyl sites for hydroxylation is 1. The molecule has 3 atom stereocenters. The van der Waals surface area contributed by atoms with Crippen LogP contribution in [0.3, 0.4) is 0 Å². The number of ether oxygens (including phenoxy) is 2. The Labute approximate surface area is 195 Å². The minimum absolute atomic E-state index is 0.0575. The van der Waals surface area contributed by atoms with Crippen molar-refractivity contribution in [2.24, 2.45) is 17.3 Å². The van der Waals surface area contributed by atoms with Crippen LogP contribution in [0.15, 0.2) is 54.6 Å². The third-order valence-corrected chi connectivity index (χ3v) is 7.76. The zero-order valence-corrected chi connectivity index (χ0v) is 19.2. The molecule has 2 aliphatic carbocycles. The second kappa shape index (κ2) is 8.69. The Kier molecular flexibility index (Phi) is 5.73. The SMILES string of the molecule is C=C1C[C@@H]2COC(=O)[C@]2(Cc2ccc(C(=O)NCC3CCc4cccc(OC)c4C3)cc2)C1. The predicted molar refractivity (Wildman–Crippen MR) is 126 cm³/mol. The van der Waals surface area contributed by atoms with Gasteiger partial charge in [-0.05, 0) is 79.3 Å². The third kappa shape index (κ3) is 4.05. The van der Waals surface area contributed by atoms with Crippen LogP contribution in [0.4, 0.5) is 0 Å². The minimum atomic E-state index is -0.473. The van der Waals surface area contributed by atoms with Gasteiger partial charge >= 0.3 is 5.97 Å². The van der Waals surface area contributed by atoms with Crippen molar-refractivity contribution in [3.05, 3.63) is 76.9 Å². The fourth-order valence-corrected chi connectivity index (χ4v) is 5.93. The van der Waals surface area contributed by atoms with Gasteiger partial charge < -0.3 is 14.8 Å². The first-order chi connectivity index (χ1) is 16.0. The number of esters is 1. The van der Waals surface area contributed by atoms with E-state index in [1.165, 1.54) is 11.1 Å². The van der Waals surface area contributed by atoms with E-state index in [1.807, 2.05) is 36.4 Å². The molecule has 2 fully saturated rings. The smallest absolute Gasteiger partial charge is 0.313 e. The first-order valence-electron chi connectivity index (χ1n) is 11.8. The lowest BCUT2D eigenvalue weighted by Gasteiger charge is -2.26. The lowest BCUT2D eigenvalue weighted by atomic mass is 9.75. The maximum Gasteiger partial charge on any atom is 0.313 e. The van der Waals surface area contributed by atoms with Crippen LogP contribution in [-0.2, 0) is 28.8 Å². The molecule has 0 radical (unpaired) electrons. The number of carbonyl (C=O) groups is 2. The second-order valence-corrected chi connectivity index (χ2v) is 9.87. The van der Waals surface area contributed by atoms with E-state index in [4.69, 9.17) is 9.47 Å². The van der Waals surface area contributed by atoms with E-state index in [0.29, 0.717) is 37.5 Å². The number of benzene rings is 2. The molecule has 0 aromatic heterocycles. The molecule has 1 unspecified atom stereocenters. The number of amides is 1. The van der Waals surface area contributed by atoms with E-state index in [0.717, 1.165) is 42.6 Å². The summed E-state index contributed by atoms with van der Waals surface area (Å²) in [4.78, 5) is 25.3. The summed E-state index contributed by atoms with van der Waals surface area (Å²) in [5.74, 6) is 1.41. The molecule has 172 valence electrons. The Morgan fingerprint density at radius 3 is 2.82 bits per heavy atom. The summed E-state index contributed by atoms with van der Waals surface area (Å²) in [5, 5.41) is 3.11. The number of nitrogens with one attached hydrogen (secondary N) is 1. The topological polar surface area (TPSA) is 64.6 Å². The first-order valence-corrected chi connectivity index (χ1v) is 11.8. The second-order valence-electron chi connectivity index (χ2n) is 9.87. The average molecular weight is 446 g/mol. The number of rotatable bonds is 6. The standard InChI is InChI=1S/C28H31NO4/c1-18-12-23-17-33-27(31)28(23,14-18)15-19-6-10-22(11-7-19)26(30)29-16-20-8-9-21-4-3-5-25(32-2)24(21)13-20/h3-7,10-11,20,23H,1,8-9,12-17H2,2H3,(H,29,30)/t20?,23-,28+/m1/s1. The normalized spacial score (nSPS) is 25.8. The van der Waals surface area contributed by atoms with Gasteiger partial charge in [-0.2, -0.15) is 0 Å². The molecule has 2 aromatic rings. The molecule has 33 heavy (non-hydrogen) atoms. The molecule has 5 rings (SSSR count). The van der Waals surface area contributed by atoms with Crippen LogP contribution >= 0.6 is 0 Å². The van der Waals surface area contributed by atoms with Crippen molar-refractivity contribution in [3.8, 4) is 5.75 Å². The Morgan fingerprint density at radius 2 is 2.03 bits per heavy atom. The highest BCUT2D eigenvalue weighted by Crippen LogP contribution is 2.52. The number of hydrogen-bond acceptors (Lipinski definition) is 4. The van der Waals surface area contributed by atoms with Gasteiger partial charge in [-0.15, -0.1) is 0 Å². The van der Waals surface area contributed by atoms with Gasteiger partial charge in [0, 0.05) is 18.0 Å². The predicted octanol–water partition coefficient (Wildman–Crippen LogP) is 4.28. The lowest BCUT2D eigenvalue weighted by Crippen LogP contribution is -2.32. The molecule has 0 spiro atoms. The van der Waals surface area contributed by atoms with E-state index in [1.54, 1.807) is 7.11 Å². The van der Waals surface area contributed by atoms with Gasteiger partial charge in [0.2, 0.25) is 0 Å².